The van der Waals surface area contributed by atoms with E-state index in [0.717, 1.165) is 51.4 Å². The van der Waals surface area contributed by atoms with Crippen molar-refractivity contribution in [1.82, 2.24) is 9.80 Å². The standard InChI is InChI=1S/C28H40N2O6/c1-2-27-14-11-19-35-26(34)22(27)21-24(32)30(16-8-3-4-9-18-31)23-25(33)29(20-12-6-5-7-13-20)17-10-15-28(21,23)36-27/h10-11,14-15,20-23,31H,2-9,12-13,16-19H2,1H3/t21-,22+,23?,27-,28-/m0/s1. The van der Waals surface area contributed by atoms with Crippen molar-refractivity contribution in [1.29, 1.82) is 0 Å². The number of carbonyl (C=O) groups is 3. The second-order valence-corrected chi connectivity index (χ2v) is 11.0. The normalized spacial score (nSPS) is 36.4. The fourth-order valence-electron chi connectivity index (χ4n) is 7.32. The van der Waals surface area contributed by atoms with Crippen LogP contribution in [-0.2, 0) is 23.9 Å². The molecular formula is C28H40N2O6. The molecule has 0 bridgehead atoms. The van der Waals surface area contributed by atoms with E-state index in [2.05, 4.69) is 0 Å². The number of hydrogen-bond acceptors (Lipinski definition) is 6. The Kier molecular flexibility index (Phi) is 7.27. The van der Waals surface area contributed by atoms with Gasteiger partial charge in [0.15, 0.2) is 0 Å². The highest BCUT2D eigenvalue weighted by molar-refractivity contribution is 5.99. The minimum absolute atomic E-state index is 0.0573. The van der Waals surface area contributed by atoms with E-state index in [1.54, 1.807) is 11.0 Å². The first-order chi connectivity index (χ1) is 17.5. The van der Waals surface area contributed by atoms with Gasteiger partial charge in [-0.25, -0.2) is 0 Å². The van der Waals surface area contributed by atoms with Gasteiger partial charge in [-0.05, 0) is 38.2 Å². The average Bonchev–Trinajstić information content (AvgIpc) is 3.16. The molecule has 8 nitrogen and oxygen atoms in total. The van der Waals surface area contributed by atoms with Gasteiger partial charge in [0, 0.05) is 25.7 Å². The molecule has 5 aliphatic rings. The van der Waals surface area contributed by atoms with Gasteiger partial charge in [-0.1, -0.05) is 57.3 Å². The van der Waals surface area contributed by atoms with Crippen LogP contribution in [0, 0.1) is 11.8 Å². The van der Waals surface area contributed by atoms with Crippen molar-refractivity contribution in [3.05, 3.63) is 24.3 Å². The van der Waals surface area contributed by atoms with Crippen LogP contribution in [0.4, 0.5) is 0 Å². The molecule has 2 amide bonds. The predicted molar refractivity (Wildman–Crippen MR) is 133 cm³/mol. The number of fused-ring (bicyclic) bond motifs is 2. The van der Waals surface area contributed by atoms with Crippen molar-refractivity contribution in [2.45, 2.75) is 94.4 Å². The summed E-state index contributed by atoms with van der Waals surface area (Å²) in [6.07, 6.45) is 16.7. The minimum Gasteiger partial charge on any atom is -0.461 e. The maximum absolute atomic E-state index is 14.3. The number of hydrogen-bond donors (Lipinski definition) is 1. The number of likely N-dealkylation sites (tertiary alicyclic amines) is 1. The largest absolute Gasteiger partial charge is 0.461 e. The van der Waals surface area contributed by atoms with Crippen LogP contribution < -0.4 is 0 Å². The van der Waals surface area contributed by atoms with Crippen LogP contribution in [-0.4, -0.2) is 82.3 Å². The Morgan fingerprint density at radius 1 is 0.972 bits per heavy atom. The minimum atomic E-state index is -1.19. The molecule has 5 rings (SSSR count). The Morgan fingerprint density at radius 2 is 1.75 bits per heavy atom. The first-order valence-electron chi connectivity index (χ1n) is 13.9. The number of aliphatic hydroxyl groups excluding tert-OH is 1. The molecule has 4 aliphatic heterocycles. The molecule has 3 fully saturated rings. The van der Waals surface area contributed by atoms with Crippen LogP contribution in [0.25, 0.3) is 0 Å². The maximum Gasteiger partial charge on any atom is 0.313 e. The molecule has 1 N–H and O–H groups in total. The summed E-state index contributed by atoms with van der Waals surface area (Å²) in [5.74, 6) is -2.23. The number of carbonyl (C=O) groups excluding carboxylic acids is 3. The zero-order valence-corrected chi connectivity index (χ0v) is 21.4. The summed E-state index contributed by atoms with van der Waals surface area (Å²) in [5.41, 5.74) is -2.16. The van der Waals surface area contributed by atoms with Crippen LogP contribution in [0.2, 0.25) is 0 Å². The van der Waals surface area contributed by atoms with Gasteiger partial charge in [-0.3, -0.25) is 14.4 Å². The Bertz CT molecular complexity index is 927. The summed E-state index contributed by atoms with van der Waals surface area (Å²) in [6, 6.07) is -0.617. The number of rotatable bonds is 8. The fraction of sp³-hybridized carbons (Fsp3) is 0.750. The summed E-state index contributed by atoms with van der Waals surface area (Å²) in [5, 5.41) is 9.12. The van der Waals surface area contributed by atoms with E-state index < -0.39 is 35.0 Å². The lowest BCUT2D eigenvalue weighted by atomic mass is 9.73. The number of unbranched alkanes of at least 4 members (excludes halogenated alkanes) is 3. The molecule has 198 valence electrons. The van der Waals surface area contributed by atoms with Gasteiger partial charge in [0.25, 0.3) is 0 Å². The third kappa shape index (κ3) is 4.01. The average molecular weight is 501 g/mol. The van der Waals surface area contributed by atoms with Crippen LogP contribution in [0.1, 0.15) is 71.1 Å². The summed E-state index contributed by atoms with van der Waals surface area (Å²) in [7, 11) is 0. The molecule has 1 unspecified atom stereocenters. The molecule has 8 heteroatoms. The summed E-state index contributed by atoms with van der Waals surface area (Å²) >= 11 is 0. The molecule has 0 aromatic rings. The van der Waals surface area contributed by atoms with Gasteiger partial charge in [-0.15, -0.1) is 0 Å². The molecule has 36 heavy (non-hydrogen) atoms. The quantitative estimate of drug-likeness (QED) is 0.313. The van der Waals surface area contributed by atoms with Gasteiger partial charge in [0.2, 0.25) is 11.8 Å². The lowest BCUT2D eigenvalue weighted by Crippen LogP contribution is -2.57. The third-order valence-electron chi connectivity index (χ3n) is 9.05. The van der Waals surface area contributed by atoms with Gasteiger partial charge in [0.05, 0.1) is 5.92 Å². The molecule has 1 saturated carbocycles. The smallest absolute Gasteiger partial charge is 0.313 e. The molecule has 0 radical (unpaired) electrons. The maximum atomic E-state index is 14.3. The second-order valence-electron chi connectivity index (χ2n) is 11.0. The van der Waals surface area contributed by atoms with Crippen LogP contribution in [0.15, 0.2) is 24.3 Å². The van der Waals surface area contributed by atoms with Crippen molar-refractivity contribution in [2.75, 3.05) is 26.3 Å². The molecule has 0 aromatic carbocycles. The van der Waals surface area contributed by atoms with Gasteiger partial charge >= 0.3 is 5.97 Å². The second kappa shape index (κ2) is 10.3. The van der Waals surface area contributed by atoms with Crippen LogP contribution in [0.5, 0.6) is 0 Å². The molecule has 5 atom stereocenters. The Hall–Kier alpha value is -2.19. The lowest BCUT2D eigenvalue weighted by Gasteiger charge is -2.40. The zero-order valence-electron chi connectivity index (χ0n) is 21.4. The highest BCUT2D eigenvalue weighted by Crippen LogP contribution is 2.58. The molecule has 2 saturated heterocycles. The molecule has 1 spiro atoms. The van der Waals surface area contributed by atoms with Gasteiger partial charge < -0.3 is 24.4 Å². The highest BCUT2D eigenvalue weighted by Gasteiger charge is 2.75. The summed E-state index contributed by atoms with van der Waals surface area (Å²) in [4.78, 5) is 45.5. The lowest BCUT2D eigenvalue weighted by molar-refractivity contribution is -0.160. The van der Waals surface area contributed by atoms with Crippen molar-refractivity contribution in [3.8, 4) is 0 Å². The van der Waals surface area contributed by atoms with E-state index in [1.165, 1.54) is 6.42 Å². The number of cyclic esters (lactones) is 1. The summed E-state index contributed by atoms with van der Waals surface area (Å²) in [6.45, 7) is 3.21. The molecule has 0 aromatic heterocycles. The Balaban J connectivity index is 1.53. The number of aliphatic hydroxyl groups is 1. The van der Waals surface area contributed by atoms with E-state index in [-0.39, 0.29) is 31.1 Å². The third-order valence-corrected chi connectivity index (χ3v) is 9.05. The number of ether oxygens (including phenoxy) is 2. The first-order valence-corrected chi connectivity index (χ1v) is 13.9. The van der Waals surface area contributed by atoms with Gasteiger partial charge in [0.1, 0.15) is 29.8 Å². The number of esters is 1. The predicted octanol–water partition coefficient (Wildman–Crippen LogP) is 2.74. The number of nitrogens with zero attached hydrogens (tertiary/aromatic N) is 2. The van der Waals surface area contributed by atoms with E-state index in [9.17, 15) is 14.4 Å². The molecular weight excluding hydrogens is 460 g/mol. The van der Waals surface area contributed by atoms with E-state index >= 15 is 0 Å². The highest BCUT2D eigenvalue weighted by atomic mass is 16.6. The van der Waals surface area contributed by atoms with E-state index in [4.69, 9.17) is 14.6 Å². The van der Waals surface area contributed by atoms with Crippen molar-refractivity contribution >= 4 is 17.8 Å². The topological polar surface area (TPSA) is 96.4 Å². The first kappa shape index (κ1) is 25.5. The Morgan fingerprint density at radius 3 is 2.50 bits per heavy atom. The number of amides is 2. The van der Waals surface area contributed by atoms with Crippen molar-refractivity contribution in [3.63, 3.8) is 0 Å². The van der Waals surface area contributed by atoms with Crippen molar-refractivity contribution < 1.29 is 29.0 Å². The van der Waals surface area contributed by atoms with Crippen LogP contribution in [0.3, 0.4) is 0 Å². The zero-order chi connectivity index (χ0) is 25.3. The molecule has 4 heterocycles. The van der Waals surface area contributed by atoms with Crippen LogP contribution >= 0.6 is 0 Å². The van der Waals surface area contributed by atoms with Gasteiger partial charge in [-0.2, -0.15) is 0 Å². The van der Waals surface area contributed by atoms with E-state index in [1.807, 2.05) is 30.1 Å². The van der Waals surface area contributed by atoms with Crippen molar-refractivity contribution in [2.24, 2.45) is 11.8 Å². The SMILES string of the molecule is CC[C@]12C=CCOC(=O)[C@H]1[C@H]1C(=O)N(CCCCCCO)C3C(=O)N(C4CCCCC4)CC=C[C@@]31O2. The fourth-order valence-corrected chi connectivity index (χ4v) is 7.32. The van der Waals surface area contributed by atoms with E-state index in [0.29, 0.717) is 19.5 Å². The Labute approximate surface area is 213 Å². The summed E-state index contributed by atoms with van der Waals surface area (Å²) < 4.78 is 12.4. The monoisotopic (exact) mass is 500 g/mol. The molecule has 1 aliphatic carbocycles.